The number of rotatable bonds is 59. The van der Waals surface area contributed by atoms with Crippen molar-refractivity contribution in [3.8, 4) is 0 Å². The predicted molar refractivity (Wildman–Crippen MR) is 330 cm³/mol. The van der Waals surface area contributed by atoms with Crippen molar-refractivity contribution in [2.75, 3.05) is 13.2 Å². The van der Waals surface area contributed by atoms with Crippen LogP contribution in [0.4, 0.5) is 0 Å². The van der Waals surface area contributed by atoms with Crippen molar-refractivity contribution < 1.29 is 28.6 Å². The lowest BCUT2D eigenvalue weighted by molar-refractivity contribution is -0.167. The largest absolute Gasteiger partial charge is 0.462 e. The van der Waals surface area contributed by atoms with E-state index in [1.807, 2.05) is 0 Å². The van der Waals surface area contributed by atoms with Crippen molar-refractivity contribution in [2.24, 2.45) is 0 Å². The van der Waals surface area contributed by atoms with E-state index >= 15 is 0 Å². The molecule has 6 nitrogen and oxygen atoms in total. The first kappa shape index (κ1) is 72.6. The number of esters is 3. The lowest BCUT2D eigenvalue weighted by Gasteiger charge is -2.18. The zero-order valence-corrected chi connectivity index (χ0v) is 50.3. The van der Waals surface area contributed by atoms with E-state index in [4.69, 9.17) is 14.2 Å². The van der Waals surface area contributed by atoms with Gasteiger partial charge in [0.2, 0.25) is 0 Å². The fourth-order valence-corrected chi connectivity index (χ4v) is 9.27. The second-order valence-corrected chi connectivity index (χ2v) is 21.6. The lowest BCUT2D eigenvalue weighted by Crippen LogP contribution is -2.30. The summed E-state index contributed by atoms with van der Waals surface area (Å²) in [5, 5.41) is 0. The molecule has 0 aromatic rings. The summed E-state index contributed by atoms with van der Waals surface area (Å²) in [4.78, 5) is 38.4. The molecule has 6 heteroatoms. The lowest BCUT2D eigenvalue weighted by atomic mass is 10.0. The van der Waals surface area contributed by atoms with E-state index in [-0.39, 0.29) is 31.1 Å². The molecule has 0 fully saturated rings. The first-order chi connectivity index (χ1) is 37.5. The van der Waals surface area contributed by atoms with Gasteiger partial charge >= 0.3 is 17.9 Å². The minimum Gasteiger partial charge on any atom is -0.462 e. The smallest absolute Gasteiger partial charge is 0.306 e. The third kappa shape index (κ3) is 61.4. The molecule has 0 aliphatic carbocycles. The van der Waals surface area contributed by atoms with Crippen molar-refractivity contribution in [1.82, 2.24) is 0 Å². The molecule has 0 aliphatic heterocycles. The molecule has 0 saturated carbocycles. The monoisotopic (exact) mass is 1060 g/mol. The van der Waals surface area contributed by atoms with Crippen LogP contribution in [0.25, 0.3) is 0 Å². The fraction of sp³-hybridized carbons (Fsp3) is 0.757. The number of ether oxygens (including phenoxy) is 3. The second kappa shape index (κ2) is 64.1. The first-order valence-electron chi connectivity index (χ1n) is 32.6. The second-order valence-electron chi connectivity index (χ2n) is 21.6. The van der Waals surface area contributed by atoms with Crippen LogP contribution in [0.2, 0.25) is 0 Å². The maximum Gasteiger partial charge on any atom is 0.306 e. The summed E-state index contributed by atoms with van der Waals surface area (Å²) < 4.78 is 17.0. The Kier molecular flexibility index (Phi) is 61.2. The summed E-state index contributed by atoms with van der Waals surface area (Å²) in [6, 6.07) is 0. The van der Waals surface area contributed by atoms with Crippen LogP contribution >= 0.6 is 0 Å². The predicted octanol–water partition coefficient (Wildman–Crippen LogP) is 22.3. The zero-order chi connectivity index (χ0) is 55.0. The number of unbranched alkanes of at least 4 members (excludes halogenated alkanes) is 34. The number of allylic oxidation sites excluding steroid dienone is 14. The van der Waals surface area contributed by atoms with Crippen molar-refractivity contribution in [3.63, 3.8) is 0 Å². The van der Waals surface area contributed by atoms with Crippen LogP contribution < -0.4 is 0 Å². The molecule has 0 rings (SSSR count). The van der Waals surface area contributed by atoms with Crippen LogP contribution in [-0.2, 0) is 28.6 Å². The Labute approximate surface area is 471 Å². The molecule has 0 N–H and O–H groups in total. The highest BCUT2D eigenvalue weighted by atomic mass is 16.6. The average molecular weight is 1060 g/mol. The summed E-state index contributed by atoms with van der Waals surface area (Å²) in [5.41, 5.74) is 0. The summed E-state index contributed by atoms with van der Waals surface area (Å²) in [6.07, 6.45) is 84.4. The normalized spacial score (nSPS) is 12.6. The highest BCUT2D eigenvalue weighted by molar-refractivity contribution is 5.71. The molecule has 76 heavy (non-hydrogen) atoms. The van der Waals surface area contributed by atoms with Gasteiger partial charge in [-0.25, -0.2) is 0 Å². The standard InChI is InChI=1S/C70H122O6/c1-4-7-10-13-16-19-22-25-28-31-34-35-37-39-42-45-48-51-54-57-60-63-69(72)75-66-67(65-74-68(71)62-59-56-53-50-47-44-41-38-33-30-27-24-21-18-15-12-9-6-3)76-70(73)64-61-58-55-52-49-46-43-40-36-32-29-26-23-20-17-14-11-8-5-2/h7,10,16-17,19-20,25-26,28-29,34-36,40,67H,4-6,8-9,11-15,18,21-24,27,30-33,37-39,41-66H2,1-3H3/b10-7-,19-16-,20-17-,28-25-,29-26-,35-34-,40-36-. The van der Waals surface area contributed by atoms with Crippen molar-refractivity contribution in [3.05, 3.63) is 85.1 Å². The maximum atomic E-state index is 12.9. The van der Waals surface area contributed by atoms with Gasteiger partial charge in [0, 0.05) is 19.3 Å². The van der Waals surface area contributed by atoms with Gasteiger partial charge in [0.05, 0.1) is 0 Å². The Balaban J connectivity index is 4.40. The van der Waals surface area contributed by atoms with Crippen LogP contribution in [0.5, 0.6) is 0 Å². The Morgan fingerprint density at radius 2 is 0.513 bits per heavy atom. The Bertz CT molecular complexity index is 1450. The molecule has 1 atom stereocenters. The van der Waals surface area contributed by atoms with Gasteiger partial charge in [-0.2, -0.15) is 0 Å². The molecule has 0 aromatic heterocycles. The number of carbonyl (C=O) groups is 3. The maximum absolute atomic E-state index is 12.9. The quantitative estimate of drug-likeness (QED) is 0.0261. The summed E-state index contributed by atoms with van der Waals surface area (Å²) in [7, 11) is 0. The Hall–Kier alpha value is -3.41. The van der Waals surface area contributed by atoms with Gasteiger partial charge < -0.3 is 14.2 Å². The van der Waals surface area contributed by atoms with Gasteiger partial charge in [0.25, 0.3) is 0 Å². The van der Waals surface area contributed by atoms with E-state index in [1.165, 1.54) is 167 Å². The van der Waals surface area contributed by atoms with Crippen LogP contribution in [0, 0.1) is 0 Å². The summed E-state index contributed by atoms with van der Waals surface area (Å²) in [6.45, 7) is 6.53. The van der Waals surface area contributed by atoms with E-state index in [2.05, 4.69) is 106 Å². The van der Waals surface area contributed by atoms with E-state index in [0.29, 0.717) is 19.3 Å². The molecule has 438 valence electrons. The minimum atomic E-state index is -0.788. The SMILES string of the molecule is CC/C=C\C/C=C\C/C=C\C/C=C\CCCCCCCCCCC(=O)OCC(COC(=O)CCCCCCCCCCCCCCCCCCCC)OC(=O)CCCCCCCC/C=C\C/C=C\C/C=C\CCCCC. The first-order valence-corrected chi connectivity index (χ1v) is 32.6. The molecule has 0 amide bonds. The Morgan fingerprint density at radius 1 is 0.276 bits per heavy atom. The van der Waals surface area contributed by atoms with E-state index in [0.717, 1.165) is 116 Å². The molecule has 0 aliphatic rings. The molecular formula is C70H122O6. The summed E-state index contributed by atoms with van der Waals surface area (Å²) in [5.74, 6) is -0.887. The van der Waals surface area contributed by atoms with Gasteiger partial charge in [-0.05, 0) is 96.3 Å². The van der Waals surface area contributed by atoms with Crippen LogP contribution in [0.3, 0.4) is 0 Å². The fourth-order valence-electron chi connectivity index (χ4n) is 9.27. The highest BCUT2D eigenvalue weighted by Gasteiger charge is 2.19. The van der Waals surface area contributed by atoms with Crippen LogP contribution in [-0.4, -0.2) is 37.2 Å². The van der Waals surface area contributed by atoms with E-state index in [9.17, 15) is 14.4 Å². The van der Waals surface area contributed by atoms with Gasteiger partial charge in [0.1, 0.15) is 13.2 Å². The van der Waals surface area contributed by atoms with Crippen molar-refractivity contribution >= 4 is 17.9 Å². The average Bonchev–Trinajstić information content (AvgIpc) is 3.42. The third-order valence-electron chi connectivity index (χ3n) is 14.1. The molecule has 0 bridgehead atoms. The van der Waals surface area contributed by atoms with Gasteiger partial charge in [-0.3, -0.25) is 14.4 Å². The molecule has 0 heterocycles. The minimum absolute atomic E-state index is 0.0817. The number of hydrogen-bond donors (Lipinski definition) is 0. The number of hydrogen-bond acceptors (Lipinski definition) is 6. The van der Waals surface area contributed by atoms with E-state index < -0.39 is 6.10 Å². The van der Waals surface area contributed by atoms with Crippen molar-refractivity contribution in [1.29, 1.82) is 0 Å². The zero-order valence-electron chi connectivity index (χ0n) is 50.3. The van der Waals surface area contributed by atoms with Gasteiger partial charge in [-0.15, -0.1) is 0 Å². The highest BCUT2D eigenvalue weighted by Crippen LogP contribution is 2.17. The van der Waals surface area contributed by atoms with Crippen molar-refractivity contribution in [2.45, 2.75) is 329 Å². The van der Waals surface area contributed by atoms with Gasteiger partial charge in [-0.1, -0.05) is 292 Å². The molecule has 0 spiro atoms. The van der Waals surface area contributed by atoms with E-state index in [1.54, 1.807) is 0 Å². The van der Waals surface area contributed by atoms with Crippen LogP contribution in [0.15, 0.2) is 85.1 Å². The topological polar surface area (TPSA) is 78.9 Å². The molecular weight excluding hydrogens is 937 g/mol. The molecule has 0 aromatic carbocycles. The molecule has 1 unspecified atom stereocenters. The molecule has 0 saturated heterocycles. The molecule has 0 radical (unpaired) electrons. The summed E-state index contributed by atoms with van der Waals surface area (Å²) >= 11 is 0. The Morgan fingerprint density at radius 3 is 0.829 bits per heavy atom. The third-order valence-corrected chi connectivity index (χ3v) is 14.1. The van der Waals surface area contributed by atoms with Gasteiger partial charge in [0.15, 0.2) is 6.10 Å². The van der Waals surface area contributed by atoms with Crippen LogP contribution in [0.1, 0.15) is 323 Å². The number of carbonyl (C=O) groups excluding carboxylic acids is 3.